The topological polar surface area (TPSA) is 131 Å². The molecular weight excluding hydrogens is 527 g/mol. The second-order valence-corrected chi connectivity index (χ2v) is 12.8. The highest BCUT2D eigenvalue weighted by Gasteiger charge is 2.27. The van der Waals surface area contributed by atoms with E-state index in [0.29, 0.717) is 12.8 Å². The minimum atomic E-state index is -4.29. The number of aliphatic hydroxyl groups is 1. The summed E-state index contributed by atoms with van der Waals surface area (Å²) >= 11 is 0. The van der Waals surface area contributed by atoms with Gasteiger partial charge in [-0.25, -0.2) is 4.57 Å². The third-order valence-corrected chi connectivity index (χ3v) is 8.45. The standard InChI is InChI=1S/C31H65N2O6P/c1-3-5-7-9-11-13-15-17-19-21-23-25-31(35)33-29(28-39-40(36,37)38-27-26-32)30(34)24-22-20-18-16-14-12-10-8-6-4-2/h29-30,34H,3-28,32H2,1-2H3,(H,33,35)(H,36,37). The van der Waals surface area contributed by atoms with Crippen molar-refractivity contribution in [3.05, 3.63) is 0 Å². The number of carbonyl (C=O) groups excluding carboxylic acids is 1. The zero-order valence-electron chi connectivity index (χ0n) is 26.1. The van der Waals surface area contributed by atoms with Gasteiger partial charge in [0.25, 0.3) is 0 Å². The fourth-order valence-corrected chi connectivity index (χ4v) is 5.66. The Morgan fingerprint density at radius 3 is 1.60 bits per heavy atom. The number of rotatable bonds is 31. The molecule has 0 aliphatic rings. The molecule has 0 radical (unpaired) electrons. The Kier molecular flexibility index (Phi) is 28.3. The second kappa shape index (κ2) is 28.6. The van der Waals surface area contributed by atoms with Crippen LogP contribution in [-0.4, -0.2) is 47.8 Å². The SMILES string of the molecule is CCCCCCCCCCCCCC(=O)NC(COP(=O)(O)OCCN)C(O)CCCCCCCCCCCC. The molecule has 0 aliphatic carbocycles. The van der Waals surface area contributed by atoms with Crippen molar-refractivity contribution in [3.8, 4) is 0 Å². The molecule has 1 amide bonds. The Morgan fingerprint density at radius 1 is 0.725 bits per heavy atom. The van der Waals surface area contributed by atoms with Crippen molar-refractivity contribution in [1.82, 2.24) is 5.32 Å². The van der Waals surface area contributed by atoms with Crippen LogP contribution in [0.4, 0.5) is 0 Å². The maximum atomic E-state index is 12.6. The lowest BCUT2D eigenvalue weighted by molar-refractivity contribution is -0.123. The molecule has 40 heavy (non-hydrogen) atoms. The van der Waals surface area contributed by atoms with Gasteiger partial charge in [0.2, 0.25) is 5.91 Å². The summed E-state index contributed by atoms with van der Waals surface area (Å²) in [7, 11) is -4.29. The first-order valence-corrected chi connectivity index (χ1v) is 18.1. The highest BCUT2D eigenvalue weighted by atomic mass is 31.2. The van der Waals surface area contributed by atoms with E-state index in [1.165, 1.54) is 96.3 Å². The van der Waals surface area contributed by atoms with Crippen LogP contribution in [0.5, 0.6) is 0 Å². The molecule has 0 fully saturated rings. The quantitative estimate of drug-likeness (QED) is 0.0475. The highest BCUT2D eigenvalue weighted by molar-refractivity contribution is 7.47. The van der Waals surface area contributed by atoms with Gasteiger partial charge in [-0.15, -0.1) is 0 Å². The lowest BCUT2D eigenvalue weighted by Crippen LogP contribution is -2.46. The molecule has 3 unspecified atom stereocenters. The molecule has 5 N–H and O–H groups in total. The highest BCUT2D eigenvalue weighted by Crippen LogP contribution is 2.43. The number of carbonyl (C=O) groups is 1. The van der Waals surface area contributed by atoms with E-state index >= 15 is 0 Å². The number of phosphoric acid groups is 1. The molecule has 0 spiro atoms. The fraction of sp³-hybridized carbons (Fsp3) is 0.968. The fourth-order valence-electron chi connectivity index (χ4n) is 4.90. The van der Waals surface area contributed by atoms with Gasteiger partial charge in [0, 0.05) is 13.0 Å². The third kappa shape index (κ3) is 26.4. The van der Waals surface area contributed by atoms with E-state index in [4.69, 9.17) is 14.8 Å². The van der Waals surface area contributed by atoms with Gasteiger partial charge in [0.15, 0.2) is 0 Å². The van der Waals surface area contributed by atoms with Crippen molar-refractivity contribution < 1.29 is 28.4 Å². The molecule has 0 rings (SSSR count). The van der Waals surface area contributed by atoms with Gasteiger partial charge in [-0.05, 0) is 12.8 Å². The number of unbranched alkanes of at least 4 members (excludes halogenated alkanes) is 19. The molecule has 8 nitrogen and oxygen atoms in total. The summed E-state index contributed by atoms with van der Waals surface area (Å²) < 4.78 is 22.0. The van der Waals surface area contributed by atoms with Gasteiger partial charge in [-0.3, -0.25) is 13.8 Å². The molecule has 0 aromatic carbocycles. The Labute approximate surface area is 246 Å². The monoisotopic (exact) mass is 592 g/mol. The summed E-state index contributed by atoms with van der Waals surface area (Å²) in [5, 5.41) is 13.6. The predicted octanol–water partition coefficient (Wildman–Crippen LogP) is 7.94. The average Bonchev–Trinajstić information content (AvgIpc) is 2.93. The summed E-state index contributed by atoms with van der Waals surface area (Å²) in [4.78, 5) is 22.5. The van der Waals surface area contributed by atoms with E-state index in [-0.39, 0.29) is 25.7 Å². The minimum absolute atomic E-state index is 0.0917. The largest absolute Gasteiger partial charge is 0.472 e. The molecule has 0 aliphatic heterocycles. The Balaban J connectivity index is 4.32. The van der Waals surface area contributed by atoms with E-state index in [0.717, 1.165) is 38.5 Å². The number of hydrogen-bond donors (Lipinski definition) is 4. The average molecular weight is 593 g/mol. The van der Waals surface area contributed by atoms with Crippen molar-refractivity contribution in [2.75, 3.05) is 19.8 Å². The molecule has 0 aromatic heterocycles. The van der Waals surface area contributed by atoms with Crippen LogP contribution >= 0.6 is 7.82 Å². The van der Waals surface area contributed by atoms with Gasteiger partial charge >= 0.3 is 7.82 Å². The number of hydrogen-bond acceptors (Lipinski definition) is 6. The molecule has 9 heteroatoms. The van der Waals surface area contributed by atoms with Crippen LogP contribution in [-0.2, 0) is 18.4 Å². The molecule has 3 atom stereocenters. The van der Waals surface area contributed by atoms with Gasteiger partial charge in [-0.2, -0.15) is 0 Å². The van der Waals surface area contributed by atoms with Crippen molar-refractivity contribution in [3.63, 3.8) is 0 Å². The maximum Gasteiger partial charge on any atom is 0.472 e. The normalized spacial score (nSPS) is 14.6. The van der Waals surface area contributed by atoms with E-state index in [1.54, 1.807) is 0 Å². The van der Waals surface area contributed by atoms with E-state index in [1.807, 2.05) is 0 Å². The first-order chi connectivity index (χ1) is 19.4. The third-order valence-electron chi connectivity index (χ3n) is 7.46. The molecule has 0 bridgehead atoms. The summed E-state index contributed by atoms with van der Waals surface area (Å²) in [5.74, 6) is -0.165. The van der Waals surface area contributed by atoms with E-state index < -0.39 is 20.0 Å². The number of nitrogens with one attached hydrogen (secondary N) is 1. The zero-order chi connectivity index (χ0) is 29.7. The first kappa shape index (κ1) is 39.5. The summed E-state index contributed by atoms with van der Waals surface area (Å²) in [6.45, 7) is 4.16. The number of nitrogens with two attached hydrogens (primary N) is 1. The van der Waals surface area contributed by atoms with Crippen molar-refractivity contribution in [2.24, 2.45) is 5.73 Å². The zero-order valence-corrected chi connectivity index (χ0v) is 27.0. The summed E-state index contributed by atoms with van der Waals surface area (Å²) in [6, 6.07) is -0.763. The van der Waals surface area contributed by atoms with Crippen LogP contribution in [0.25, 0.3) is 0 Å². The Bertz CT molecular complexity index is 610. The van der Waals surface area contributed by atoms with Crippen molar-refractivity contribution in [1.29, 1.82) is 0 Å². The molecule has 0 saturated heterocycles. The smallest absolute Gasteiger partial charge is 0.391 e. The minimum Gasteiger partial charge on any atom is -0.391 e. The second-order valence-electron chi connectivity index (χ2n) is 11.4. The lowest BCUT2D eigenvalue weighted by Gasteiger charge is -2.25. The van der Waals surface area contributed by atoms with Gasteiger partial charge in [-0.1, -0.05) is 142 Å². The van der Waals surface area contributed by atoms with Crippen LogP contribution in [0.3, 0.4) is 0 Å². The van der Waals surface area contributed by atoms with Crippen LogP contribution in [0.2, 0.25) is 0 Å². The van der Waals surface area contributed by atoms with Crippen LogP contribution in [0, 0.1) is 0 Å². The maximum absolute atomic E-state index is 12.6. The molecular formula is C31H65N2O6P. The first-order valence-electron chi connectivity index (χ1n) is 16.7. The Hall–Kier alpha value is -0.500. The molecule has 0 saturated carbocycles. The van der Waals surface area contributed by atoms with Crippen LogP contribution < -0.4 is 11.1 Å². The number of amides is 1. The molecule has 0 aromatic rings. The van der Waals surface area contributed by atoms with Crippen LogP contribution in [0.1, 0.15) is 162 Å². The van der Waals surface area contributed by atoms with Crippen molar-refractivity contribution in [2.45, 2.75) is 174 Å². The van der Waals surface area contributed by atoms with Crippen molar-refractivity contribution >= 4 is 13.7 Å². The number of aliphatic hydroxyl groups excluding tert-OH is 1. The Morgan fingerprint density at radius 2 is 1.15 bits per heavy atom. The molecule has 0 heterocycles. The predicted molar refractivity (Wildman–Crippen MR) is 166 cm³/mol. The van der Waals surface area contributed by atoms with E-state index in [9.17, 15) is 19.4 Å². The van der Waals surface area contributed by atoms with Gasteiger partial charge in [0.05, 0.1) is 25.4 Å². The van der Waals surface area contributed by atoms with Gasteiger partial charge < -0.3 is 21.1 Å². The van der Waals surface area contributed by atoms with E-state index in [2.05, 4.69) is 19.2 Å². The van der Waals surface area contributed by atoms with Gasteiger partial charge in [0.1, 0.15) is 0 Å². The van der Waals surface area contributed by atoms with Crippen LogP contribution in [0.15, 0.2) is 0 Å². The summed E-state index contributed by atoms with van der Waals surface area (Å²) in [5.41, 5.74) is 5.34. The summed E-state index contributed by atoms with van der Waals surface area (Å²) in [6.07, 6.45) is 25.3. The number of phosphoric ester groups is 1. The lowest BCUT2D eigenvalue weighted by atomic mass is 10.0. The molecule has 240 valence electrons.